The van der Waals surface area contributed by atoms with Crippen molar-refractivity contribution >= 4 is 18.9 Å². The van der Waals surface area contributed by atoms with E-state index in [2.05, 4.69) is 17.1 Å². The maximum Gasteiger partial charge on any atom is 0.364 e. The molecule has 1 atom stereocenters. The maximum absolute atomic E-state index is 9.83. The molecule has 8 heavy (non-hydrogen) atoms. The molecule has 0 bridgehead atoms. The van der Waals surface area contributed by atoms with Crippen molar-refractivity contribution in [2.24, 2.45) is 0 Å². The van der Waals surface area contributed by atoms with Gasteiger partial charge in [0.15, 0.2) is 0 Å². The molecule has 0 aromatic rings. The molecule has 0 fully saturated rings. The number of aliphatic carboxylic acids is 1. The van der Waals surface area contributed by atoms with Crippen molar-refractivity contribution in [1.29, 1.82) is 0 Å². The molecule has 0 radical (unpaired) electrons. The van der Waals surface area contributed by atoms with Crippen LogP contribution in [-0.4, -0.2) is 22.0 Å². The van der Waals surface area contributed by atoms with Gasteiger partial charge in [0.25, 0.3) is 5.79 Å². The van der Waals surface area contributed by atoms with E-state index in [9.17, 15) is 4.79 Å². The lowest BCUT2D eigenvalue weighted by atomic mass is 10.3. The quantitative estimate of drug-likeness (QED) is 0.277. The third kappa shape index (κ3) is 1.69. The van der Waals surface area contributed by atoms with Crippen LogP contribution in [0.15, 0.2) is 0 Å². The number of carbonyl (C=O) groups is 1. The Kier molecular flexibility index (Phi) is 2.26. The Morgan fingerprint density at radius 2 is 2.25 bits per heavy atom. The van der Waals surface area contributed by atoms with E-state index < -0.39 is 11.8 Å². The van der Waals surface area contributed by atoms with Crippen LogP contribution in [0.25, 0.3) is 0 Å². The minimum atomic E-state index is -2.18. The first kappa shape index (κ1) is 7.74. The second-order valence-corrected chi connectivity index (χ2v) is 1.56. The van der Waals surface area contributed by atoms with E-state index >= 15 is 0 Å². The van der Waals surface area contributed by atoms with Crippen molar-refractivity contribution in [3.63, 3.8) is 0 Å². The molecule has 0 aromatic carbocycles. The predicted octanol–water partition coefficient (Wildman–Crippen LogP) is -0.359. The number of rotatable bonds is 2. The molecule has 0 aromatic heterocycles. The Bertz CT molecular complexity index is 99.5. The van der Waals surface area contributed by atoms with E-state index in [1.807, 2.05) is 0 Å². The number of hydrogen-bond donors (Lipinski definition) is 3. The van der Waals surface area contributed by atoms with Crippen LogP contribution in [0.2, 0.25) is 0 Å². The fraction of sp³-hybridized carbons (Fsp3) is 0.667. The molecule has 48 valence electrons. The molecule has 0 heterocycles. The van der Waals surface area contributed by atoms with Gasteiger partial charge in [0, 0.05) is 6.92 Å². The smallest absolute Gasteiger partial charge is 0.364 e. The lowest BCUT2D eigenvalue weighted by Gasteiger charge is -2.12. The summed E-state index contributed by atoms with van der Waals surface area (Å²) >= 11 is 3.11. The zero-order chi connectivity index (χ0) is 6.78. The summed E-state index contributed by atoms with van der Waals surface area (Å²) in [6, 6.07) is 0. The number of thiol groups is 1. The summed E-state index contributed by atoms with van der Waals surface area (Å²) in [6.45, 7) is 0.975. The number of aliphatic hydroxyl groups is 1. The summed E-state index contributed by atoms with van der Waals surface area (Å²) in [4.78, 5) is 9.83. The summed E-state index contributed by atoms with van der Waals surface area (Å²) in [6.07, 6.45) is 0. The number of hydrogen-bond acceptors (Lipinski definition) is 4. The average Bonchev–Trinajstić information content (AvgIpc) is 1.67. The molecule has 0 saturated heterocycles. The van der Waals surface area contributed by atoms with Crippen molar-refractivity contribution < 1.29 is 19.2 Å². The lowest BCUT2D eigenvalue weighted by Crippen LogP contribution is -2.34. The molecule has 5 heteroatoms. The molecule has 0 amide bonds. The Hall–Kier alpha value is -0.260. The molecule has 1 unspecified atom stereocenters. The van der Waals surface area contributed by atoms with Crippen LogP contribution in [0, 0.1) is 0 Å². The topological polar surface area (TPSA) is 66.8 Å². The van der Waals surface area contributed by atoms with Crippen LogP contribution in [-0.2, 0) is 8.98 Å². The van der Waals surface area contributed by atoms with Gasteiger partial charge in [-0.1, -0.05) is 0 Å². The second kappa shape index (κ2) is 2.34. The molecule has 4 nitrogen and oxygen atoms in total. The first-order valence-corrected chi connectivity index (χ1v) is 2.15. The monoisotopic (exact) mass is 138 g/mol. The molecular weight excluding hydrogens is 132 g/mol. The van der Waals surface area contributed by atoms with Crippen molar-refractivity contribution in [1.82, 2.24) is 0 Å². The fourth-order valence-corrected chi connectivity index (χ4v) is 0.117. The predicted molar refractivity (Wildman–Crippen MR) is 28.3 cm³/mol. The van der Waals surface area contributed by atoms with Crippen molar-refractivity contribution in [3.05, 3.63) is 0 Å². The third-order valence-electron chi connectivity index (χ3n) is 0.575. The zero-order valence-corrected chi connectivity index (χ0v) is 5.05. The van der Waals surface area contributed by atoms with Gasteiger partial charge in [-0.25, -0.2) is 4.79 Å². The van der Waals surface area contributed by atoms with Gasteiger partial charge in [-0.2, -0.15) is 0 Å². The van der Waals surface area contributed by atoms with Gasteiger partial charge in [-0.05, 0) is 12.9 Å². The van der Waals surface area contributed by atoms with Gasteiger partial charge < -0.3 is 10.2 Å². The van der Waals surface area contributed by atoms with Gasteiger partial charge in [0.1, 0.15) is 0 Å². The van der Waals surface area contributed by atoms with E-state index in [0.717, 1.165) is 6.92 Å². The standard InChI is InChI=1S/C3H6O4S/c1-3(6,7-8)2(4)5/h6,8H,1H3,(H,4,5). The van der Waals surface area contributed by atoms with E-state index in [1.54, 1.807) is 0 Å². The number of carboxylic acids is 1. The molecule has 0 saturated carbocycles. The molecule has 0 spiro atoms. The zero-order valence-electron chi connectivity index (χ0n) is 4.16. The van der Waals surface area contributed by atoms with Gasteiger partial charge in [0.2, 0.25) is 0 Å². The first-order chi connectivity index (χ1) is 3.50. The largest absolute Gasteiger partial charge is 0.477 e. The van der Waals surface area contributed by atoms with Gasteiger partial charge >= 0.3 is 5.97 Å². The molecule has 0 rings (SSSR count). The van der Waals surface area contributed by atoms with Crippen molar-refractivity contribution in [2.45, 2.75) is 12.7 Å². The molecule has 0 aliphatic rings. The second-order valence-electron chi connectivity index (χ2n) is 1.38. The van der Waals surface area contributed by atoms with Crippen molar-refractivity contribution in [2.75, 3.05) is 0 Å². The Morgan fingerprint density at radius 1 is 1.88 bits per heavy atom. The van der Waals surface area contributed by atoms with Gasteiger partial charge in [-0.3, -0.25) is 4.18 Å². The summed E-state index contributed by atoms with van der Waals surface area (Å²) in [5.74, 6) is -3.64. The summed E-state index contributed by atoms with van der Waals surface area (Å²) in [5, 5.41) is 16.5. The Morgan fingerprint density at radius 3 is 2.25 bits per heavy atom. The summed E-state index contributed by atoms with van der Waals surface area (Å²) in [5.41, 5.74) is 0. The minimum Gasteiger partial charge on any atom is -0.477 e. The van der Waals surface area contributed by atoms with Crippen LogP contribution >= 0.6 is 12.9 Å². The van der Waals surface area contributed by atoms with E-state index in [0.29, 0.717) is 0 Å². The Labute approximate surface area is 51.7 Å². The molecule has 0 aliphatic carbocycles. The third-order valence-corrected chi connectivity index (χ3v) is 0.930. The van der Waals surface area contributed by atoms with E-state index in [4.69, 9.17) is 10.2 Å². The highest BCUT2D eigenvalue weighted by Gasteiger charge is 2.29. The molecule has 0 aliphatic heterocycles. The number of carboxylic acid groups (broad SMARTS) is 1. The highest BCUT2D eigenvalue weighted by atomic mass is 32.1. The highest BCUT2D eigenvalue weighted by Crippen LogP contribution is 2.06. The molecule has 2 N–H and O–H groups in total. The first-order valence-electron chi connectivity index (χ1n) is 1.79. The SMILES string of the molecule is CC(O)(OS)C(=O)O. The lowest BCUT2D eigenvalue weighted by molar-refractivity contribution is -0.184. The van der Waals surface area contributed by atoms with Crippen LogP contribution < -0.4 is 0 Å². The highest BCUT2D eigenvalue weighted by molar-refractivity contribution is 7.75. The minimum absolute atomic E-state index is 0.975. The van der Waals surface area contributed by atoms with Crippen LogP contribution in [0.3, 0.4) is 0 Å². The summed E-state index contributed by atoms with van der Waals surface area (Å²) < 4.78 is 3.85. The van der Waals surface area contributed by atoms with Crippen molar-refractivity contribution in [3.8, 4) is 0 Å². The Balaban J connectivity index is 3.91. The van der Waals surface area contributed by atoms with Crippen LogP contribution in [0.5, 0.6) is 0 Å². The van der Waals surface area contributed by atoms with Gasteiger partial charge in [-0.15, -0.1) is 0 Å². The maximum atomic E-state index is 9.83. The summed E-state index contributed by atoms with van der Waals surface area (Å²) in [7, 11) is 0. The van der Waals surface area contributed by atoms with Crippen LogP contribution in [0.4, 0.5) is 0 Å². The normalized spacial score (nSPS) is 17.4. The van der Waals surface area contributed by atoms with E-state index in [1.165, 1.54) is 0 Å². The van der Waals surface area contributed by atoms with Crippen LogP contribution in [0.1, 0.15) is 6.92 Å². The van der Waals surface area contributed by atoms with E-state index in [-0.39, 0.29) is 0 Å². The molecular formula is C3H6O4S. The van der Waals surface area contributed by atoms with Gasteiger partial charge in [0.05, 0.1) is 0 Å². The average molecular weight is 138 g/mol. The fourth-order valence-electron chi connectivity index (χ4n) is 0.0390.